The van der Waals surface area contributed by atoms with E-state index in [-0.39, 0.29) is 6.03 Å². The number of carbonyl (C=O) groups excluding carboxylic acids is 1. The smallest absolute Gasteiger partial charge is 0.306 e. The van der Waals surface area contributed by atoms with Gasteiger partial charge in [-0.1, -0.05) is 66.7 Å². The quantitative estimate of drug-likeness (QED) is 0.551. The molecule has 1 N–H and O–H groups in total. The van der Waals surface area contributed by atoms with Crippen molar-refractivity contribution in [2.75, 3.05) is 19.5 Å². The molecule has 0 radical (unpaired) electrons. The van der Waals surface area contributed by atoms with Gasteiger partial charge in [-0.05, 0) is 53.6 Å². The lowest BCUT2D eigenvalue weighted by Crippen LogP contribution is -2.30. The number of anilines is 1. The number of hydrogen-bond donors (Lipinski definition) is 1. The lowest BCUT2D eigenvalue weighted by molar-refractivity contribution is -0.0598. The summed E-state index contributed by atoms with van der Waals surface area (Å²) < 4.78 is 0. The predicted molar refractivity (Wildman–Crippen MR) is 114 cm³/mol. The first-order valence-corrected chi connectivity index (χ1v) is 9.48. The van der Waals surface area contributed by atoms with E-state index in [4.69, 9.17) is 4.84 Å². The highest BCUT2D eigenvalue weighted by molar-refractivity contribution is 5.88. The zero-order valence-corrected chi connectivity index (χ0v) is 16.4. The van der Waals surface area contributed by atoms with Gasteiger partial charge in [0.25, 0.3) is 0 Å². The number of urea groups is 1. The Balaban J connectivity index is 1.48. The Bertz CT molecular complexity index is 875. The molecule has 0 aliphatic rings. The highest BCUT2D eigenvalue weighted by Gasteiger charge is 2.07. The monoisotopic (exact) mass is 374 g/mol. The maximum absolute atomic E-state index is 11.8. The van der Waals surface area contributed by atoms with E-state index in [0.717, 1.165) is 30.0 Å². The molecule has 0 heterocycles. The van der Waals surface area contributed by atoms with Gasteiger partial charge in [-0.3, -0.25) is 4.84 Å². The van der Waals surface area contributed by atoms with E-state index in [1.165, 1.54) is 29.4 Å². The molecule has 0 aromatic heterocycles. The van der Waals surface area contributed by atoms with Gasteiger partial charge in [0, 0.05) is 12.7 Å². The summed E-state index contributed by atoms with van der Waals surface area (Å²) >= 11 is 0. The zero-order chi connectivity index (χ0) is 19.8. The molecular weight excluding hydrogens is 348 g/mol. The summed E-state index contributed by atoms with van der Waals surface area (Å²) in [6.07, 6.45) is 3.14. The molecule has 3 aromatic rings. The van der Waals surface area contributed by atoms with Crippen molar-refractivity contribution in [2.45, 2.75) is 19.3 Å². The first-order valence-electron chi connectivity index (χ1n) is 9.48. The Morgan fingerprint density at radius 3 is 1.93 bits per heavy atom. The standard InChI is InChI=1S/C24H26N2O2/c1-26(28-2)24(27)25-23-17-13-20(14-18-23)8-6-7-19-11-15-22(16-12-19)21-9-4-3-5-10-21/h3-5,9-18H,6-8H2,1-2H3,(H,25,27). The van der Waals surface area contributed by atoms with E-state index in [1.807, 2.05) is 18.2 Å². The molecule has 0 atom stereocenters. The molecule has 0 aliphatic carbocycles. The third-order valence-corrected chi connectivity index (χ3v) is 4.76. The summed E-state index contributed by atoms with van der Waals surface area (Å²) in [4.78, 5) is 16.6. The second-order valence-corrected chi connectivity index (χ2v) is 6.72. The zero-order valence-electron chi connectivity index (χ0n) is 16.4. The summed E-state index contributed by atoms with van der Waals surface area (Å²) in [5.41, 5.74) is 5.87. The van der Waals surface area contributed by atoms with Crippen LogP contribution in [-0.2, 0) is 17.7 Å². The van der Waals surface area contributed by atoms with Gasteiger partial charge >= 0.3 is 6.03 Å². The average molecular weight is 374 g/mol. The Kier molecular flexibility index (Phi) is 6.82. The SMILES string of the molecule is CON(C)C(=O)Nc1ccc(CCCc2ccc(-c3ccccc3)cc2)cc1. The Morgan fingerprint density at radius 1 is 0.821 bits per heavy atom. The lowest BCUT2D eigenvalue weighted by atomic mass is 10.0. The van der Waals surface area contributed by atoms with Crippen LogP contribution in [0.3, 0.4) is 0 Å². The number of nitrogens with one attached hydrogen (secondary N) is 1. The summed E-state index contributed by atoms with van der Waals surface area (Å²) in [7, 11) is 3.02. The summed E-state index contributed by atoms with van der Waals surface area (Å²) in [6, 6.07) is 26.9. The summed E-state index contributed by atoms with van der Waals surface area (Å²) in [5, 5.41) is 3.93. The number of hydroxylamine groups is 2. The van der Waals surface area contributed by atoms with Crippen molar-refractivity contribution in [3.63, 3.8) is 0 Å². The van der Waals surface area contributed by atoms with E-state index in [9.17, 15) is 4.79 Å². The fourth-order valence-corrected chi connectivity index (χ4v) is 3.03. The molecule has 0 unspecified atom stereocenters. The first-order chi connectivity index (χ1) is 13.7. The van der Waals surface area contributed by atoms with Crippen molar-refractivity contribution in [3.05, 3.63) is 90.0 Å². The van der Waals surface area contributed by atoms with Crippen LogP contribution in [0.1, 0.15) is 17.5 Å². The van der Waals surface area contributed by atoms with Crippen molar-refractivity contribution >= 4 is 11.7 Å². The number of carbonyl (C=O) groups is 1. The highest BCUT2D eigenvalue weighted by atomic mass is 16.7. The van der Waals surface area contributed by atoms with Crippen LogP contribution in [0.5, 0.6) is 0 Å². The summed E-state index contributed by atoms with van der Waals surface area (Å²) in [6.45, 7) is 0. The third kappa shape index (κ3) is 5.44. The minimum Gasteiger partial charge on any atom is -0.306 e. The second kappa shape index (κ2) is 9.72. The van der Waals surface area contributed by atoms with E-state index in [0.29, 0.717) is 0 Å². The Hall–Kier alpha value is -3.11. The van der Waals surface area contributed by atoms with Gasteiger partial charge in [-0.25, -0.2) is 9.86 Å². The van der Waals surface area contributed by atoms with E-state index in [1.54, 1.807) is 7.05 Å². The fourth-order valence-electron chi connectivity index (χ4n) is 3.03. The van der Waals surface area contributed by atoms with Crippen LogP contribution < -0.4 is 5.32 Å². The van der Waals surface area contributed by atoms with Gasteiger partial charge in [-0.2, -0.15) is 0 Å². The third-order valence-electron chi connectivity index (χ3n) is 4.76. The van der Waals surface area contributed by atoms with E-state index >= 15 is 0 Å². The van der Waals surface area contributed by atoms with Crippen molar-refractivity contribution in [1.82, 2.24) is 5.06 Å². The number of aryl methyl sites for hydroxylation is 2. The van der Waals surface area contributed by atoms with Crippen LogP contribution in [0.25, 0.3) is 11.1 Å². The molecule has 4 heteroatoms. The van der Waals surface area contributed by atoms with Crippen LogP contribution in [0.15, 0.2) is 78.9 Å². The minimum absolute atomic E-state index is 0.297. The lowest BCUT2D eigenvalue weighted by Gasteiger charge is -2.14. The fraction of sp³-hybridized carbons (Fsp3) is 0.208. The normalized spacial score (nSPS) is 10.5. The molecule has 3 aromatic carbocycles. The largest absolute Gasteiger partial charge is 0.345 e. The molecule has 0 saturated carbocycles. The van der Waals surface area contributed by atoms with Crippen molar-refractivity contribution in [1.29, 1.82) is 0 Å². The molecule has 2 amide bonds. The molecule has 144 valence electrons. The van der Waals surface area contributed by atoms with Gasteiger partial charge < -0.3 is 5.32 Å². The molecule has 28 heavy (non-hydrogen) atoms. The Labute approximate surface area is 166 Å². The number of hydrogen-bond acceptors (Lipinski definition) is 2. The van der Waals surface area contributed by atoms with Crippen LogP contribution in [0.4, 0.5) is 10.5 Å². The van der Waals surface area contributed by atoms with Crippen LogP contribution >= 0.6 is 0 Å². The molecule has 3 rings (SSSR count). The first kappa shape index (κ1) is 19.6. The number of rotatable bonds is 7. The van der Waals surface area contributed by atoms with Crippen molar-refractivity contribution in [3.8, 4) is 11.1 Å². The molecule has 0 bridgehead atoms. The van der Waals surface area contributed by atoms with Crippen LogP contribution in [-0.4, -0.2) is 25.3 Å². The molecular formula is C24H26N2O2. The Morgan fingerprint density at radius 2 is 1.36 bits per heavy atom. The highest BCUT2D eigenvalue weighted by Crippen LogP contribution is 2.20. The maximum Gasteiger partial charge on any atom is 0.345 e. The summed E-state index contributed by atoms with van der Waals surface area (Å²) in [5.74, 6) is 0. The number of benzene rings is 3. The molecule has 0 saturated heterocycles. The molecule has 4 nitrogen and oxygen atoms in total. The van der Waals surface area contributed by atoms with Gasteiger partial charge in [0.1, 0.15) is 0 Å². The van der Waals surface area contributed by atoms with Crippen LogP contribution in [0, 0.1) is 0 Å². The number of amides is 2. The predicted octanol–water partition coefficient (Wildman–Crippen LogP) is 5.55. The molecule has 0 fully saturated rings. The van der Waals surface area contributed by atoms with Gasteiger partial charge in [0.15, 0.2) is 0 Å². The molecule has 0 spiro atoms. The van der Waals surface area contributed by atoms with E-state index in [2.05, 4.69) is 66.0 Å². The van der Waals surface area contributed by atoms with Gasteiger partial charge in [0.2, 0.25) is 0 Å². The van der Waals surface area contributed by atoms with E-state index < -0.39 is 0 Å². The van der Waals surface area contributed by atoms with Crippen LogP contribution in [0.2, 0.25) is 0 Å². The minimum atomic E-state index is -0.297. The number of nitrogens with zero attached hydrogens (tertiary/aromatic N) is 1. The van der Waals surface area contributed by atoms with Crippen molar-refractivity contribution < 1.29 is 9.63 Å². The van der Waals surface area contributed by atoms with Gasteiger partial charge in [0.05, 0.1) is 7.11 Å². The topological polar surface area (TPSA) is 41.6 Å². The van der Waals surface area contributed by atoms with Gasteiger partial charge in [-0.15, -0.1) is 0 Å². The van der Waals surface area contributed by atoms with Crippen molar-refractivity contribution in [2.24, 2.45) is 0 Å². The average Bonchev–Trinajstić information content (AvgIpc) is 2.75. The second-order valence-electron chi connectivity index (χ2n) is 6.72. The maximum atomic E-state index is 11.8. The molecule has 0 aliphatic heterocycles.